The van der Waals surface area contributed by atoms with Gasteiger partial charge in [0.2, 0.25) is 11.4 Å². The van der Waals surface area contributed by atoms with Crippen LogP contribution < -0.4 is 14.2 Å². The number of rotatable bonds is 5. The van der Waals surface area contributed by atoms with Crippen LogP contribution in [0, 0.1) is 13.8 Å². The van der Waals surface area contributed by atoms with Crippen LogP contribution in [-0.2, 0) is 12.0 Å². The van der Waals surface area contributed by atoms with E-state index in [0.29, 0.717) is 29.2 Å². The molecule has 4 rings (SSSR count). The van der Waals surface area contributed by atoms with E-state index in [1.165, 1.54) is 0 Å². The van der Waals surface area contributed by atoms with Crippen molar-refractivity contribution in [2.24, 2.45) is 0 Å². The van der Waals surface area contributed by atoms with E-state index in [4.69, 9.17) is 14.2 Å². The number of benzene rings is 3. The number of hydrogen-bond donors (Lipinski definition) is 0. The van der Waals surface area contributed by atoms with E-state index >= 15 is 0 Å². The molecule has 154 valence electrons. The zero-order chi connectivity index (χ0) is 21.5. The number of hydrogen-bond acceptors (Lipinski definition) is 4. The van der Waals surface area contributed by atoms with E-state index in [0.717, 1.165) is 26.7 Å². The Morgan fingerprint density at radius 1 is 0.933 bits per heavy atom. The van der Waals surface area contributed by atoms with Crippen LogP contribution in [0.25, 0.3) is 0 Å². The van der Waals surface area contributed by atoms with Gasteiger partial charge in [-0.2, -0.15) is 0 Å². The largest absolute Gasteiger partial charge is 0.496 e. The van der Waals surface area contributed by atoms with Gasteiger partial charge in [-0.05, 0) is 31.5 Å². The Hall–Kier alpha value is -2.79. The minimum absolute atomic E-state index is 0.113. The second kappa shape index (κ2) is 7.80. The highest BCUT2D eigenvalue weighted by molar-refractivity contribution is 9.10. The molecule has 0 aliphatic carbocycles. The summed E-state index contributed by atoms with van der Waals surface area (Å²) < 4.78 is 18.3. The molecule has 0 aromatic heterocycles. The first-order valence-electron chi connectivity index (χ1n) is 9.69. The lowest BCUT2D eigenvalue weighted by molar-refractivity contribution is 0.0548. The van der Waals surface area contributed by atoms with Crippen molar-refractivity contribution >= 4 is 21.7 Å². The third-order valence-electron chi connectivity index (χ3n) is 5.42. The monoisotopic (exact) mass is 466 g/mol. The van der Waals surface area contributed by atoms with Crippen LogP contribution in [-0.4, -0.2) is 20.0 Å². The molecule has 1 aliphatic heterocycles. The van der Waals surface area contributed by atoms with Gasteiger partial charge in [0.05, 0.1) is 14.2 Å². The summed E-state index contributed by atoms with van der Waals surface area (Å²) in [6, 6.07) is 17.5. The molecule has 30 heavy (non-hydrogen) atoms. The summed E-state index contributed by atoms with van der Waals surface area (Å²) in [7, 11) is 3.13. The third kappa shape index (κ3) is 3.47. The summed E-state index contributed by atoms with van der Waals surface area (Å²) in [4.78, 5) is 13.9. The van der Waals surface area contributed by atoms with Crippen molar-refractivity contribution in [1.29, 1.82) is 0 Å². The summed E-state index contributed by atoms with van der Waals surface area (Å²) >= 11 is 3.48. The third-order valence-corrected chi connectivity index (χ3v) is 5.95. The van der Waals surface area contributed by atoms with E-state index in [-0.39, 0.29) is 5.78 Å². The van der Waals surface area contributed by atoms with Crippen LogP contribution in [0.5, 0.6) is 17.2 Å². The van der Waals surface area contributed by atoms with Crippen molar-refractivity contribution in [2.75, 3.05) is 14.2 Å². The van der Waals surface area contributed by atoms with Crippen molar-refractivity contribution in [1.82, 2.24) is 0 Å². The fourth-order valence-corrected chi connectivity index (χ4v) is 4.44. The molecule has 5 heteroatoms. The highest BCUT2D eigenvalue weighted by Gasteiger charge is 2.51. The molecule has 1 atom stereocenters. The van der Waals surface area contributed by atoms with Crippen molar-refractivity contribution < 1.29 is 19.0 Å². The number of methoxy groups -OCH3 is 2. The van der Waals surface area contributed by atoms with Gasteiger partial charge in [0.1, 0.15) is 22.8 Å². The Kier molecular flexibility index (Phi) is 5.33. The van der Waals surface area contributed by atoms with Gasteiger partial charge in [-0.15, -0.1) is 0 Å². The molecule has 1 unspecified atom stereocenters. The summed E-state index contributed by atoms with van der Waals surface area (Å²) in [5.41, 5.74) is 3.42. The summed E-state index contributed by atoms with van der Waals surface area (Å²) in [6.45, 7) is 4.12. The second-order valence-electron chi connectivity index (χ2n) is 7.64. The fourth-order valence-electron chi connectivity index (χ4n) is 4.17. The van der Waals surface area contributed by atoms with Gasteiger partial charge in [-0.25, -0.2) is 0 Å². The van der Waals surface area contributed by atoms with Crippen LogP contribution in [0.2, 0.25) is 0 Å². The van der Waals surface area contributed by atoms with Crippen LogP contribution >= 0.6 is 15.9 Å². The Bertz CT molecular complexity index is 1100. The van der Waals surface area contributed by atoms with Gasteiger partial charge in [-0.1, -0.05) is 57.4 Å². The lowest BCUT2D eigenvalue weighted by atomic mass is 9.82. The van der Waals surface area contributed by atoms with Crippen LogP contribution in [0.3, 0.4) is 0 Å². The molecule has 1 aliphatic rings. The number of fused-ring (bicyclic) bond motifs is 1. The summed E-state index contributed by atoms with van der Waals surface area (Å²) in [5, 5.41) is 0. The quantitative estimate of drug-likeness (QED) is 0.476. The molecule has 1 heterocycles. The zero-order valence-corrected chi connectivity index (χ0v) is 19.0. The van der Waals surface area contributed by atoms with Crippen molar-refractivity contribution in [2.45, 2.75) is 25.9 Å². The topological polar surface area (TPSA) is 44.8 Å². The van der Waals surface area contributed by atoms with Crippen LogP contribution in [0.1, 0.15) is 32.6 Å². The van der Waals surface area contributed by atoms with Crippen molar-refractivity contribution in [3.63, 3.8) is 0 Å². The van der Waals surface area contributed by atoms with E-state index in [2.05, 4.69) is 48.0 Å². The molecule has 3 aromatic rings. The van der Waals surface area contributed by atoms with Gasteiger partial charge in [0.15, 0.2) is 0 Å². The molecule has 0 radical (unpaired) electrons. The SMILES string of the molecule is COc1cc(OC)c2c(c1)OC(Cc1cc(C)cc(C)c1)(c1ccc(Br)cc1)C2=O. The highest BCUT2D eigenvalue weighted by atomic mass is 79.9. The minimum atomic E-state index is -1.18. The predicted molar refractivity (Wildman–Crippen MR) is 120 cm³/mol. The summed E-state index contributed by atoms with van der Waals surface area (Å²) in [6.07, 6.45) is 0.413. The van der Waals surface area contributed by atoms with Gasteiger partial charge < -0.3 is 14.2 Å². The molecule has 0 N–H and O–H groups in total. The Labute approximate surface area is 184 Å². The normalized spacial score (nSPS) is 17.4. The first-order valence-corrected chi connectivity index (χ1v) is 10.5. The first-order chi connectivity index (χ1) is 14.4. The lowest BCUT2D eigenvalue weighted by Crippen LogP contribution is -2.39. The number of ketones is 1. The lowest BCUT2D eigenvalue weighted by Gasteiger charge is -2.28. The molecule has 0 amide bonds. The molecule has 4 nitrogen and oxygen atoms in total. The number of ether oxygens (including phenoxy) is 3. The molecular formula is C25H23BrO4. The molecule has 0 bridgehead atoms. The van der Waals surface area contributed by atoms with Crippen LogP contribution in [0.15, 0.2) is 59.1 Å². The number of halogens is 1. The predicted octanol–water partition coefficient (Wildman–Crippen LogP) is 5.80. The average molecular weight is 467 g/mol. The van der Waals surface area contributed by atoms with E-state index in [1.807, 2.05) is 24.3 Å². The minimum Gasteiger partial charge on any atom is -0.496 e. The number of carbonyl (C=O) groups is 1. The second-order valence-corrected chi connectivity index (χ2v) is 8.56. The fraction of sp³-hybridized carbons (Fsp3) is 0.240. The van der Waals surface area contributed by atoms with E-state index < -0.39 is 5.60 Å². The molecule has 3 aromatic carbocycles. The van der Waals surface area contributed by atoms with Gasteiger partial charge in [0, 0.05) is 28.6 Å². The molecule has 0 saturated heterocycles. The van der Waals surface area contributed by atoms with Gasteiger partial charge in [0.25, 0.3) is 0 Å². The summed E-state index contributed by atoms with van der Waals surface area (Å²) in [5.74, 6) is 1.40. The zero-order valence-electron chi connectivity index (χ0n) is 17.4. The number of Topliss-reactive ketones (excluding diaryl/α,β-unsaturated/α-hetero) is 1. The Balaban J connectivity index is 1.90. The molecular weight excluding hydrogens is 444 g/mol. The molecule has 0 fully saturated rings. The number of carbonyl (C=O) groups excluding carboxylic acids is 1. The first kappa shape index (κ1) is 20.5. The molecule has 0 spiro atoms. The average Bonchev–Trinajstić information content (AvgIpc) is 2.99. The number of aryl methyl sites for hydroxylation is 2. The maximum Gasteiger partial charge on any atom is 0.218 e. The van der Waals surface area contributed by atoms with Crippen LogP contribution in [0.4, 0.5) is 0 Å². The Morgan fingerprint density at radius 2 is 1.60 bits per heavy atom. The smallest absolute Gasteiger partial charge is 0.218 e. The maximum absolute atomic E-state index is 13.9. The molecule has 0 saturated carbocycles. The Morgan fingerprint density at radius 3 is 2.20 bits per heavy atom. The maximum atomic E-state index is 13.9. The van der Waals surface area contributed by atoms with Crippen molar-refractivity contribution in [3.8, 4) is 17.2 Å². The standard InChI is InChI=1S/C25H23BrO4/c1-15-9-16(2)11-17(10-15)14-25(18-5-7-19(26)8-6-18)24(27)23-21(29-4)12-20(28-3)13-22(23)30-25/h5-13H,14H2,1-4H3. The van der Waals surface area contributed by atoms with Gasteiger partial charge in [-0.3, -0.25) is 4.79 Å². The van der Waals surface area contributed by atoms with E-state index in [9.17, 15) is 4.79 Å². The van der Waals surface area contributed by atoms with Gasteiger partial charge >= 0.3 is 0 Å². The van der Waals surface area contributed by atoms with Crippen molar-refractivity contribution in [3.05, 3.63) is 86.9 Å². The van der Waals surface area contributed by atoms with E-state index in [1.54, 1.807) is 26.4 Å². The highest BCUT2D eigenvalue weighted by Crippen LogP contribution is 2.49.